The molecular formula is C19H20O2. The first-order valence-electron chi connectivity index (χ1n) is 7.11. The molecule has 0 saturated carbocycles. The molecule has 0 aliphatic heterocycles. The Morgan fingerprint density at radius 2 is 1.67 bits per heavy atom. The van der Waals surface area contributed by atoms with Gasteiger partial charge in [0.25, 0.3) is 0 Å². The summed E-state index contributed by atoms with van der Waals surface area (Å²) < 4.78 is 5.37. The Hall–Kier alpha value is -2.19. The summed E-state index contributed by atoms with van der Waals surface area (Å²) in [7, 11) is 1.63. The topological polar surface area (TPSA) is 26.3 Å². The van der Waals surface area contributed by atoms with E-state index in [9.17, 15) is 4.79 Å². The number of benzene rings is 2. The third kappa shape index (κ3) is 5.01. The van der Waals surface area contributed by atoms with Crippen molar-refractivity contribution in [1.29, 1.82) is 0 Å². The van der Waals surface area contributed by atoms with Crippen molar-refractivity contribution in [1.82, 2.24) is 0 Å². The Bertz CT molecular complexity index is 573. The minimum absolute atomic E-state index is 0.104. The fourth-order valence-electron chi connectivity index (χ4n) is 2.12. The van der Waals surface area contributed by atoms with Gasteiger partial charge in [-0.25, -0.2) is 0 Å². The van der Waals surface area contributed by atoms with Gasteiger partial charge in [-0.2, -0.15) is 0 Å². The Balaban J connectivity index is 1.90. The van der Waals surface area contributed by atoms with Crippen LogP contribution in [0.4, 0.5) is 0 Å². The number of rotatable bonds is 7. The van der Waals surface area contributed by atoms with Gasteiger partial charge >= 0.3 is 0 Å². The highest BCUT2D eigenvalue weighted by molar-refractivity contribution is 5.96. The molecule has 1 atom stereocenters. The van der Waals surface area contributed by atoms with Crippen LogP contribution in [0.1, 0.15) is 22.3 Å². The molecule has 0 amide bonds. The molecule has 0 aliphatic carbocycles. The second-order valence-corrected chi connectivity index (χ2v) is 4.89. The lowest BCUT2D eigenvalue weighted by Gasteiger charge is -2.10. The van der Waals surface area contributed by atoms with Gasteiger partial charge in [-0.15, -0.1) is 0 Å². The molecule has 0 aromatic heterocycles. The van der Waals surface area contributed by atoms with Crippen LogP contribution in [0.2, 0.25) is 0 Å². The largest absolute Gasteiger partial charge is 0.377 e. The van der Waals surface area contributed by atoms with E-state index in [1.54, 1.807) is 7.11 Å². The number of ketones is 1. The van der Waals surface area contributed by atoms with Gasteiger partial charge in [0.05, 0.1) is 6.10 Å². The molecule has 108 valence electrons. The van der Waals surface area contributed by atoms with Crippen LogP contribution in [0.3, 0.4) is 0 Å². The smallest absolute Gasteiger partial charge is 0.165 e. The van der Waals surface area contributed by atoms with Gasteiger partial charge in [-0.1, -0.05) is 72.8 Å². The predicted molar refractivity (Wildman–Crippen MR) is 85.5 cm³/mol. The average molecular weight is 280 g/mol. The van der Waals surface area contributed by atoms with Crippen molar-refractivity contribution in [3.8, 4) is 0 Å². The Morgan fingerprint density at radius 3 is 2.29 bits per heavy atom. The van der Waals surface area contributed by atoms with Gasteiger partial charge in [-0.05, 0) is 12.0 Å². The maximum Gasteiger partial charge on any atom is 0.165 e. The van der Waals surface area contributed by atoms with Crippen molar-refractivity contribution >= 4 is 5.78 Å². The Morgan fingerprint density at radius 1 is 1.05 bits per heavy atom. The van der Waals surface area contributed by atoms with Crippen LogP contribution in [0.5, 0.6) is 0 Å². The molecule has 2 heteroatoms. The van der Waals surface area contributed by atoms with Gasteiger partial charge in [0.2, 0.25) is 0 Å². The van der Waals surface area contributed by atoms with E-state index >= 15 is 0 Å². The third-order valence-corrected chi connectivity index (χ3v) is 3.33. The normalized spacial score (nSPS) is 12.4. The van der Waals surface area contributed by atoms with Gasteiger partial charge in [0.1, 0.15) is 0 Å². The Labute approximate surface area is 126 Å². The first kappa shape index (κ1) is 15.2. The fraction of sp³-hybridized carbons (Fsp3) is 0.211. The summed E-state index contributed by atoms with van der Waals surface area (Å²) in [6.45, 7) is 0. The van der Waals surface area contributed by atoms with Gasteiger partial charge in [0.15, 0.2) is 5.78 Å². The number of carbonyl (C=O) groups is 1. The van der Waals surface area contributed by atoms with E-state index in [2.05, 4.69) is 18.2 Å². The van der Waals surface area contributed by atoms with Gasteiger partial charge in [0, 0.05) is 19.1 Å². The zero-order chi connectivity index (χ0) is 14.9. The first-order chi connectivity index (χ1) is 10.3. The minimum atomic E-state index is -0.179. The zero-order valence-electron chi connectivity index (χ0n) is 12.2. The molecule has 0 bridgehead atoms. The molecule has 2 aromatic rings. The van der Waals surface area contributed by atoms with Crippen LogP contribution < -0.4 is 0 Å². The molecule has 0 radical (unpaired) electrons. The lowest BCUT2D eigenvalue weighted by Crippen LogP contribution is -2.14. The van der Waals surface area contributed by atoms with Crippen LogP contribution in [0, 0.1) is 0 Å². The van der Waals surface area contributed by atoms with E-state index in [0.29, 0.717) is 6.42 Å². The van der Waals surface area contributed by atoms with Crippen LogP contribution in [0.15, 0.2) is 72.8 Å². The highest BCUT2D eigenvalue weighted by Crippen LogP contribution is 2.09. The summed E-state index contributed by atoms with van der Waals surface area (Å²) in [5, 5.41) is 0. The molecule has 21 heavy (non-hydrogen) atoms. The van der Waals surface area contributed by atoms with E-state index in [1.807, 2.05) is 54.6 Å². The number of ether oxygens (including phenoxy) is 1. The first-order valence-corrected chi connectivity index (χ1v) is 7.11. The van der Waals surface area contributed by atoms with E-state index in [1.165, 1.54) is 5.56 Å². The zero-order valence-corrected chi connectivity index (χ0v) is 12.2. The van der Waals surface area contributed by atoms with E-state index < -0.39 is 0 Å². The van der Waals surface area contributed by atoms with Crippen LogP contribution >= 0.6 is 0 Å². The number of carbonyl (C=O) groups excluding carboxylic acids is 1. The van der Waals surface area contributed by atoms with E-state index in [4.69, 9.17) is 4.74 Å². The Kier molecular flexibility index (Phi) is 5.92. The summed E-state index contributed by atoms with van der Waals surface area (Å²) in [4.78, 5) is 12.1. The summed E-state index contributed by atoms with van der Waals surface area (Å²) >= 11 is 0. The lowest BCUT2D eigenvalue weighted by atomic mass is 10.0. The quantitative estimate of drug-likeness (QED) is 0.564. The van der Waals surface area contributed by atoms with E-state index in [0.717, 1.165) is 12.0 Å². The second kappa shape index (κ2) is 8.18. The van der Waals surface area contributed by atoms with Gasteiger partial charge in [-0.3, -0.25) is 4.79 Å². The molecule has 2 aromatic carbocycles. The molecule has 0 spiro atoms. The van der Waals surface area contributed by atoms with Crippen LogP contribution in [-0.2, 0) is 11.2 Å². The average Bonchev–Trinajstić information content (AvgIpc) is 2.55. The number of hydrogen-bond donors (Lipinski definition) is 0. The van der Waals surface area contributed by atoms with Crippen molar-refractivity contribution in [3.63, 3.8) is 0 Å². The summed E-state index contributed by atoms with van der Waals surface area (Å²) in [6, 6.07) is 19.6. The fourth-order valence-corrected chi connectivity index (χ4v) is 2.12. The monoisotopic (exact) mass is 280 g/mol. The number of allylic oxidation sites excluding steroid dienone is 1. The van der Waals surface area contributed by atoms with Crippen molar-refractivity contribution in [2.45, 2.75) is 18.9 Å². The minimum Gasteiger partial charge on any atom is -0.377 e. The number of methoxy groups -OCH3 is 1. The predicted octanol–water partition coefficient (Wildman–Crippen LogP) is 4.07. The molecule has 0 heterocycles. The molecule has 1 unspecified atom stereocenters. The maximum atomic E-state index is 12.1. The van der Waals surface area contributed by atoms with Crippen molar-refractivity contribution in [2.75, 3.05) is 7.11 Å². The van der Waals surface area contributed by atoms with Gasteiger partial charge < -0.3 is 4.74 Å². The SMILES string of the molecule is COC(C=CCc1ccccc1)CC(=O)c1ccccc1. The number of hydrogen-bond acceptors (Lipinski definition) is 2. The molecule has 0 N–H and O–H groups in total. The molecule has 2 rings (SSSR count). The summed E-state index contributed by atoms with van der Waals surface area (Å²) in [6.07, 6.45) is 5.06. The third-order valence-electron chi connectivity index (χ3n) is 3.33. The van der Waals surface area contributed by atoms with Crippen molar-refractivity contribution in [2.24, 2.45) is 0 Å². The van der Waals surface area contributed by atoms with Crippen LogP contribution in [-0.4, -0.2) is 19.0 Å². The molecule has 0 aliphatic rings. The maximum absolute atomic E-state index is 12.1. The molecule has 0 saturated heterocycles. The standard InChI is InChI=1S/C19H20O2/c1-21-18(14-8-11-16-9-4-2-5-10-16)15-19(20)17-12-6-3-7-13-17/h2-10,12-14,18H,11,15H2,1H3. The highest BCUT2D eigenvalue weighted by atomic mass is 16.5. The molecule has 0 fully saturated rings. The second-order valence-electron chi connectivity index (χ2n) is 4.89. The van der Waals surface area contributed by atoms with Crippen molar-refractivity contribution < 1.29 is 9.53 Å². The van der Waals surface area contributed by atoms with Crippen LogP contribution in [0.25, 0.3) is 0 Å². The summed E-state index contributed by atoms with van der Waals surface area (Å²) in [5.74, 6) is 0.104. The van der Waals surface area contributed by atoms with Crippen molar-refractivity contribution in [3.05, 3.63) is 83.9 Å². The molecule has 2 nitrogen and oxygen atoms in total. The van der Waals surface area contributed by atoms with E-state index in [-0.39, 0.29) is 11.9 Å². The highest BCUT2D eigenvalue weighted by Gasteiger charge is 2.11. The lowest BCUT2D eigenvalue weighted by molar-refractivity contribution is 0.0852. The summed E-state index contributed by atoms with van der Waals surface area (Å²) in [5.41, 5.74) is 1.98. The molecular weight excluding hydrogens is 260 g/mol. The number of Topliss-reactive ketones (excluding diaryl/α,β-unsaturated/α-hetero) is 1.